The molecule has 0 saturated heterocycles. The van der Waals surface area contributed by atoms with Crippen molar-refractivity contribution in [3.8, 4) is 0 Å². The molecule has 3 heterocycles. The van der Waals surface area contributed by atoms with Gasteiger partial charge in [0.25, 0.3) is 11.8 Å². The molecule has 0 spiro atoms. The molecule has 2 unspecified atom stereocenters. The summed E-state index contributed by atoms with van der Waals surface area (Å²) in [5.74, 6) is -0.301. The van der Waals surface area contributed by atoms with Gasteiger partial charge in [0.1, 0.15) is 5.69 Å². The minimum absolute atomic E-state index is 0.119. The third-order valence-corrected chi connectivity index (χ3v) is 7.91. The van der Waals surface area contributed by atoms with Gasteiger partial charge in [-0.2, -0.15) is 0 Å². The molecule has 1 saturated carbocycles. The molecule has 5 rings (SSSR count). The summed E-state index contributed by atoms with van der Waals surface area (Å²) in [5.41, 5.74) is 2.42. The number of H-pyrrole nitrogens is 1. The number of hydrogen-bond acceptors (Lipinski definition) is 5. The molecule has 3 aromatic rings. The van der Waals surface area contributed by atoms with Crippen LogP contribution in [0, 0.1) is 0 Å². The second kappa shape index (κ2) is 9.44. The molecule has 2 amide bonds. The van der Waals surface area contributed by atoms with E-state index in [1.165, 1.54) is 16.2 Å². The van der Waals surface area contributed by atoms with Crippen LogP contribution in [0.1, 0.15) is 63.0 Å². The molecular formula is C24H28ClN5O2S. The van der Waals surface area contributed by atoms with Gasteiger partial charge in [0.05, 0.1) is 5.69 Å². The van der Waals surface area contributed by atoms with Gasteiger partial charge >= 0.3 is 0 Å². The fourth-order valence-corrected chi connectivity index (χ4v) is 6.05. The summed E-state index contributed by atoms with van der Waals surface area (Å²) >= 11 is 7.57. The number of aromatic nitrogens is 2. The Balaban J connectivity index is 1.29. The monoisotopic (exact) mass is 485 g/mol. The lowest BCUT2D eigenvalue weighted by Gasteiger charge is -2.26. The summed E-state index contributed by atoms with van der Waals surface area (Å²) in [7, 11) is 2.09. The molecule has 0 bridgehead atoms. The lowest BCUT2D eigenvalue weighted by atomic mass is 10.0. The third-order valence-electron chi connectivity index (χ3n) is 6.59. The summed E-state index contributed by atoms with van der Waals surface area (Å²) in [4.78, 5) is 37.3. The number of carbonyl (C=O) groups excluding carboxylic acids is 2. The number of rotatable bonds is 4. The van der Waals surface area contributed by atoms with E-state index in [-0.39, 0.29) is 23.9 Å². The van der Waals surface area contributed by atoms with Crippen molar-refractivity contribution in [2.24, 2.45) is 0 Å². The zero-order valence-electron chi connectivity index (χ0n) is 18.6. The Morgan fingerprint density at radius 1 is 1.12 bits per heavy atom. The van der Waals surface area contributed by atoms with Crippen molar-refractivity contribution in [2.75, 3.05) is 13.6 Å². The largest absolute Gasteiger partial charge is 0.351 e. The van der Waals surface area contributed by atoms with Crippen LogP contribution in [0.3, 0.4) is 0 Å². The van der Waals surface area contributed by atoms with Gasteiger partial charge in [0, 0.05) is 52.4 Å². The number of nitrogens with zero attached hydrogens (tertiary/aromatic N) is 2. The van der Waals surface area contributed by atoms with E-state index in [1.807, 2.05) is 18.2 Å². The molecule has 1 aliphatic heterocycles. The molecule has 2 aromatic heterocycles. The van der Waals surface area contributed by atoms with E-state index in [9.17, 15) is 9.59 Å². The summed E-state index contributed by atoms with van der Waals surface area (Å²) in [6.07, 6.45) is 5.71. The van der Waals surface area contributed by atoms with Gasteiger partial charge in [-0.1, -0.05) is 30.9 Å². The molecular weight excluding hydrogens is 458 g/mol. The lowest BCUT2D eigenvalue weighted by Crippen LogP contribution is -2.51. The zero-order chi connectivity index (χ0) is 22.9. The lowest BCUT2D eigenvalue weighted by molar-refractivity contribution is 0.0876. The van der Waals surface area contributed by atoms with Gasteiger partial charge < -0.3 is 20.5 Å². The van der Waals surface area contributed by atoms with E-state index in [1.54, 1.807) is 6.07 Å². The van der Waals surface area contributed by atoms with Crippen LogP contribution in [0.25, 0.3) is 10.9 Å². The van der Waals surface area contributed by atoms with Crippen LogP contribution in [-0.2, 0) is 13.0 Å². The predicted molar refractivity (Wildman–Crippen MR) is 131 cm³/mol. The summed E-state index contributed by atoms with van der Waals surface area (Å²) in [6.45, 7) is 1.81. The maximum Gasteiger partial charge on any atom is 0.280 e. The number of fused-ring (bicyclic) bond motifs is 2. The Morgan fingerprint density at radius 2 is 1.88 bits per heavy atom. The second-order valence-corrected chi connectivity index (χ2v) is 10.6. The number of carbonyl (C=O) groups is 2. The Labute approximate surface area is 201 Å². The van der Waals surface area contributed by atoms with Crippen LogP contribution in [-0.4, -0.2) is 52.4 Å². The maximum atomic E-state index is 13.1. The van der Waals surface area contributed by atoms with Gasteiger partial charge in [0.15, 0.2) is 5.01 Å². The molecule has 0 radical (unpaired) electrons. The molecule has 7 nitrogen and oxygen atoms in total. The van der Waals surface area contributed by atoms with E-state index in [2.05, 4.69) is 32.5 Å². The van der Waals surface area contributed by atoms with Crippen molar-refractivity contribution in [3.05, 3.63) is 50.6 Å². The normalized spacial score (nSPS) is 21.4. The van der Waals surface area contributed by atoms with Crippen LogP contribution in [0.15, 0.2) is 24.3 Å². The van der Waals surface area contributed by atoms with E-state index >= 15 is 0 Å². The maximum absolute atomic E-state index is 13.1. The number of likely N-dealkylation sites (N-methyl/N-ethyl adjacent to an activating group) is 1. The second-order valence-electron chi connectivity index (χ2n) is 9.09. The minimum atomic E-state index is -0.166. The van der Waals surface area contributed by atoms with E-state index in [0.29, 0.717) is 15.7 Å². The van der Waals surface area contributed by atoms with Crippen molar-refractivity contribution < 1.29 is 9.59 Å². The number of halogens is 1. The Morgan fingerprint density at radius 3 is 2.67 bits per heavy atom. The highest BCUT2D eigenvalue weighted by Gasteiger charge is 2.29. The topological polar surface area (TPSA) is 90.1 Å². The third kappa shape index (κ3) is 4.93. The molecule has 174 valence electrons. The van der Waals surface area contributed by atoms with Crippen LogP contribution in [0.4, 0.5) is 0 Å². The molecule has 1 aliphatic carbocycles. The van der Waals surface area contributed by atoms with Crippen molar-refractivity contribution in [1.82, 2.24) is 25.5 Å². The fraction of sp³-hybridized carbons (Fsp3) is 0.458. The van der Waals surface area contributed by atoms with Crippen LogP contribution in [0.5, 0.6) is 0 Å². The van der Waals surface area contributed by atoms with Crippen molar-refractivity contribution in [2.45, 2.75) is 57.2 Å². The van der Waals surface area contributed by atoms with Crippen LogP contribution in [0.2, 0.25) is 5.02 Å². The Hall–Kier alpha value is -2.42. The van der Waals surface area contributed by atoms with Crippen molar-refractivity contribution in [1.29, 1.82) is 0 Å². The molecule has 1 fully saturated rings. The smallest absolute Gasteiger partial charge is 0.280 e. The summed E-state index contributed by atoms with van der Waals surface area (Å²) < 4.78 is 0. The molecule has 9 heteroatoms. The first kappa shape index (κ1) is 22.4. The quantitative estimate of drug-likeness (QED) is 0.485. The number of nitrogens with one attached hydrogen (secondary N) is 3. The van der Waals surface area contributed by atoms with Crippen molar-refractivity contribution >= 4 is 45.7 Å². The number of hydrogen-bond donors (Lipinski definition) is 3. The van der Waals surface area contributed by atoms with Gasteiger partial charge in [-0.15, -0.1) is 11.3 Å². The number of amides is 2. The Bertz CT molecular complexity index is 1190. The highest BCUT2D eigenvalue weighted by atomic mass is 35.5. The fourth-order valence-electron chi connectivity index (χ4n) is 4.78. The van der Waals surface area contributed by atoms with E-state index in [0.717, 1.165) is 68.2 Å². The average molecular weight is 486 g/mol. The standard InChI is InChI=1S/C24H28ClN5O2S/c1-30-10-9-19-21(13-30)33-24(29-19)23(32)28-18-6-4-2-3-5-17(18)27-22(31)20-12-14-11-15(25)7-8-16(14)26-20/h7-8,11-12,17-18,26H,2-6,9-10,13H2,1H3,(H,27,31)(H,28,32). The zero-order valence-corrected chi connectivity index (χ0v) is 20.2. The SMILES string of the molecule is CN1CCc2nc(C(=O)NC3CCCCCC3NC(=O)c3cc4cc(Cl)ccc4[nH]3)sc2C1. The first-order chi connectivity index (χ1) is 16.0. The van der Waals surface area contributed by atoms with Gasteiger partial charge in [-0.25, -0.2) is 4.98 Å². The number of aromatic amines is 1. The predicted octanol–water partition coefficient (Wildman–Crippen LogP) is 4.13. The minimum Gasteiger partial charge on any atom is -0.351 e. The van der Waals surface area contributed by atoms with Gasteiger partial charge in [-0.3, -0.25) is 9.59 Å². The molecule has 2 aliphatic rings. The summed E-state index contributed by atoms with van der Waals surface area (Å²) in [6, 6.07) is 7.08. The number of thiazole rings is 1. The van der Waals surface area contributed by atoms with Crippen LogP contribution >= 0.6 is 22.9 Å². The molecule has 1 aromatic carbocycles. The average Bonchev–Trinajstić information content (AvgIpc) is 3.34. The van der Waals surface area contributed by atoms with Crippen molar-refractivity contribution in [3.63, 3.8) is 0 Å². The highest BCUT2D eigenvalue weighted by molar-refractivity contribution is 7.13. The summed E-state index contributed by atoms with van der Waals surface area (Å²) in [5, 5.41) is 8.42. The highest BCUT2D eigenvalue weighted by Crippen LogP contribution is 2.26. The van der Waals surface area contributed by atoms with Gasteiger partial charge in [-0.05, 0) is 44.2 Å². The first-order valence-corrected chi connectivity index (χ1v) is 12.7. The molecule has 3 N–H and O–H groups in total. The Kier molecular flexibility index (Phi) is 6.40. The van der Waals surface area contributed by atoms with E-state index < -0.39 is 0 Å². The molecule has 33 heavy (non-hydrogen) atoms. The van der Waals surface area contributed by atoms with Gasteiger partial charge in [0.2, 0.25) is 0 Å². The van der Waals surface area contributed by atoms with E-state index in [4.69, 9.17) is 11.6 Å². The number of benzene rings is 1. The first-order valence-electron chi connectivity index (χ1n) is 11.5. The molecule has 2 atom stereocenters. The van der Waals surface area contributed by atoms with Crippen LogP contribution < -0.4 is 10.6 Å².